The highest BCUT2D eigenvalue weighted by Crippen LogP contribution is 2.19. The van der Waals surface area contributed by atoms with E-state index in [0.29, 0.717) is 17.4 Å². The highest BCUT2D eigenvalue weighted by atomic mass is 32.1. The van der Waals surface area contributed by atoms with E-state index < -0.39 is 4.92 Å². The first-order valence-corrected chi connectivity index (χ1v) is 9.36. The first-order valence-electron chi connectivity index (χ1n) is 8.95. The van der Waals surface area contributed by atoms with Crippen LogP contribution >= 0.6 is 12.2 Å². The molecule has 0 aliphatic rings. The molecular formula is C21H20N4O3S. The summed E-state index contributed by atoms with van der Waals surface area (Å²) in [5.74, 6) is 0.774. The van der Waals surface area contributed by atoms with Crippen molar-refractivity contribution < 1.29 is 9.66 Å². The van der Waals surface area contributed by atoms with Crippen LogP contribution in [0.5, 0.6) is 5.75 Å². The highest BCUT2D eigenvalue weighted by Gasteiger charge is 2.09. The van der Waals surface area contributed by atoms with Crippen molar-refractivity contribution in [2.75, 3.05) is 5.32 Å². The minimum atomic E-state index is -0.438. The molecule has 148 valence electrons. The third kappa shape index (κ3) is 5.98. The standard InChI is InChI=1S/C21H20N4O3S/c1-15(23-21(29)24-18-6-8-19(9-7-18)25(26)27)17-4-10-20(11-5-17)28-14-16-3-2-12-22-13-16/h2-13,15H,14H2,1H3,(H2,23,24,29). The molecule has 0 aliphatic carbocycles. The van der Waals surface area contributed by atoms with Crippen LogP contribution in [0.4, 0.5) is 11.4 Å². The minimum Gasteiger partial charge on any atom is -0.489 e. The monoisotopic (exact) mass is 408 g/mol. The molecule has 0 bridgehead atoms. The van der Waals surface area contributed by atoms with Crippen molar-refractivity contribution in [3.05, 3.63) is 94.3 Å². The molecular weight excluding hydrogens is 388 g/mol. The summed E-state index contributed by atoms with van der Waals surface area (Å²) in [4.78, 5) is 14.3. The van der Waals surface area contributed by atoms with Crippen LogP contribution in [0, 0.1) is 10.1 Å². The van der Waals surface area contributed by atoms with Crippen molar-refractivity contribution in [2.24, 2.45) is 0 Å². The van der Waals surface area contributed by atoms with Crippen molar-refractivity contribution in [1.29, 1.82) is 0 Å². The molecule has 0 fully saturated rings. The third-order valence-electron chi connectivity index (χ3n) is 4.19. The van der Waals surface area contributed by atoms with E-state index in [9.17, 15) is 10.1 Å². The number of aromatic nitrogens is 1. The van der Waals surface area contributed by atoms with E-state index in [1.54, 1.807) is 24.5 Å². The van der Waals surface area contributed by atoms with Gasteiger partial charge in [-0.1, -0.05) is 18.2 Å². The summed E-state index contributed by atoms with van der Waals surface area (Å²) >= 11 is 5.33. The van der Waals surface area contributed by atoms with Crippen molar-refractivity contribution in [3.63, 3.8) is 0 Å². The zero-order valence-corrected chi connectivity index (χ0v) is 16.6. The smallest absolute Gasteiger partial charge is 0.269 e. The number of ether oxygens (including phenoxy) is 1. The van der Waals surface area contributed by atoms with Crippen LogP contribution < -0.4 is 15.4 Å². The van der Waals surface area contributed by atoms with Crippen LogP contribution in [0.25, 0.3) is 0 Å². The Kier molecular flexibility index (Phi) is 6.70. The van der Waals surface area contributed by atoms with Gasteiger partial charge in [0.05, 0.1) is 11.0 Å². The summed E-state index contributed by atoms with van der Waals surface area (Å²) in [6.07, 6.45) is 3.51. The van der Waals surface area contributed by atoms with Gasteiger partial charge in [-0.2, -0.15) is 0 Å². The van der Waals surface area contributed by atoms with Crippen molar-refractivity contribution >= 4 is 28.7 Å². The number of nitro groups is 1. The van der Waals surface area contributed by atoms with E-state index in [1.807, 2.05) is 43.3 Å². The first kappa shape index (κ1) is 20.2. The normalized spacial score (nSPS) is 11.3. The van der Waals surface area contributed by atoms with E-state index in [0.717, 1.165) is 16.9 Å². The van der Waals surface area contributed by atoms with Crippen LogP contribution in [-0.2, 0) is 6.61 Å². The Labute approximate surface area is 173 Å². The van der Waals surface area contributed by atoms with Gasteiger partial charge in [-0.15, -0.1) is 0 Å². The maximum Gasteiger partial charge on any atom is 0.269 e. The Bertz CT molecular complexity index is 963. The van der Waals surface area contributed by atoms with Crippen LogP contribution in [0.3, 0.4) is 0 Å². The molecule has 3 rings (SSSR count). The average molecular weight is 408 g/mol. The summed E-state index contributed by atoms with van der Waals surface area (Å²) in [5.41, 5.74) is 2.77. The lowest BCUT2D eigenvalue weighted by atomic mass is 10.1. The largest absolute Gasteiger partial charge is 0.489 e. The van der Waals surface area contributed by atoms with Gasteiger partial charge in [0.15, 0.2) is 5.11 Å². The van der Waals surface area contributed by atoms with Gasteiger partial charge in [0.1, 0.15) is 12.4 Å². The fourth-order valence-corrected chi connectivity index (χ4v) is 2.91. The quantitative estimate of drug-likeness (QED) is 0.335. The second-order valence-electron chi connectivity index (χ2n) is 6.34. The number of anilines is 1. The second-order valence-corrected chi connectivity index (χ2v) is 6.75. The number of hydrogen-bond acceptors (Lipinski definition) is 5. The fourth-order valence-electron chi connectivity index (χ4n) is 2.62. The summed E-state index contributed by atoms with van der Waals surface area (Å²) in [6, 6.07) is 17.7. The third-order valence-corrected chi connectivity index (χ3v) is 4.41. The lowest BCUT2D eigenvalue weighted by Crippen LogP contribution is -2.30. The van der Waals surface area contributed by atoms with Crippen molar-refractivity contribution in [2.45, 2.75) is 19.6 Å². The zero-order chi connectivity index (χ0) is 20.6. The number of benzene rings is 2. The van der Waals surface area contributed by atoms with Crippen LogP contribution in [0.15, 0.2) is 73.1 Å². The molecule has 0 amide bonds. The Morgan fingerprint density at radius 3 is 2.52 bits per heavy atom. The molecule has 2 N–H and O–H groups in total. The Morgan fingerprint density at radius 2 is 1.90 bits per heavy atom. The molecule has 0 saturated heterocycles. The topological polar surface area (TPSA) is 89.3 Å². The van der Waals surface area contributed by atoms with Gasteiger partial charge in [-0.05, 0) is 55.0 Å². The Morgan fingerprint density at radius 1 is 1.17 bits per heavy atom. The lowest BCUT2D eigenvalue weighted by Gasteiger charge is -2.18. The molecule has 8 heteroatoms. The molecule has 7 nitrogen and oxygen atoms in total. The number of pyridine rings is 1. The van der Waals surface area contributed by atoms with Gasteiger partial charge in [0.25, 0.3) is 5.69 Å². The average Bonchev–Trinajstić information content (AvgIpc) is 2.73. The minimum absolute atomic E-state index is 0.0274. The van der Waals surface area contributed by atoms with E-state index in [2.05, 4.69) is 15.6 Å². The molecule has 0 saturated carbocycles. The summed E-state index contributed by atoms with van der Waals surface area (Å²) in [5, 5.41) is 17.4. The van der Waals surface area contributed by atoms with Crippen LogP contribution in [-0.4, -0.2) is 15.0 Å². The van der Waals surface area contributed by atoms with Crippen molar-refractivity contribution in [3.8, 4) is 5.75 Å². The number of hydrogen-bond donors (Lipinski definition) is 2. The highest BCUT2D eigenvalue weighted by molar-refractivity contribution is 7.80. The first-order chi connectivity index (χ1) is 14.0. The summed E-state index contributed by atoms with van der Waals surface area (Å²) < 4.78 is 5.77. The number of thiocarbonyl (C=S) groups is 1. The molecule has 1 unspecified atom stereocenters. The van der Waals surface area contributed by atoms with Crippen molar-refractivity contribution in [1.82, 2.24) is 10.3 Å². The van der Waals surface area contributed by atoms with Crippen LogP contribution in [0.2, 0.25) is 0 Å². The summed E-state index contributed by atoms with van der Waals surface area (Å²) in [7, 11) is 0. The second kappa shape index (κ2) is 9.61. The number of nitrogens with zero attached hydrogens (tertiary/aromatic N) is 2. The van der Waals surface area contributed by atoms with Gasteiger partial charge in [-0.25, -0.2) is 0 Å². The van der Waals surface area contributed by atoms with E-state index >= 15 is 0 Å². The van der Waals surface area contributed by atoms with Gasteiger partial charge >= 0.3 is 0 Å². The van der Waals surface area contributed by atoms with E-state index in [4.69, 9.17) is 17.0 Å². The number of non-ortho nitro benzene ring substituents is 1. The Hall–Kier alpha value is -3.52. The summed E-state index contributed by atoms with van der Waals surface area (Å²) in [6.45, 7) is 2.46. The van der Waals surface area contributed by atoms with E-state index in [-0.39, 0.29) is 11.7 Å². The lowest BCUT2D eigenvalue weighted by molar-refractivity contribution is -0.384. The molecule has 0 radical (unpaired) electrons. The van der Waals surface area contributed by atoms with E-state index in [1.165, 1.54) is 12.1 Å². The number of nitro benzene ring substituents is 1. The fraction of sp³-hybridized carbons (Fsp3) is 0.143. The molecule has 29 heavy (non-hydrogen) atoms. The van der Waals surface area contributed by atoms with Gasteiger partial charge in [-0.3, -0.25) is 15.1 Å². The van der Waals surface area contributed by atoms with Crippen LogP contribution in [0.1, 0.15) is 24.1 Å². The van der Waals surface area contributed by atoms with Gasteiger partial charge in [0.2, 0.25) is 0 Å². The van der Waals surface area contributed by atoms with Gasteiger partial charge in [0, 0.05) is 35.8 Å². The molecule has 1 aromatic heterocycles. The predicted molar refractivity (Wildman–Crippen MR) is 116 cm³/mol. The zero-order valence-electron chi connectivity index (χ0n) is 15.7. The molecule has 0 spiro atoms. The predicted octanol–water partition coefficient (Wildman–Crippen LogP) is 4.62. The number of nitrogens with one attached hydrogen (secondary N) is 2. The molecule has 1 heterocycles. The molecule has 2 aromatic carbocycles. The maximum atomic E-state index is 10.7. The molecule has 3 aromatic rings. The maximum absolute atomic E-state index is 10.7. The van der Waals surface area contributed by atoms with Gasteiger partial charge < -0.3 is 15.4 Å². The molecule has 1 atom stereocenters. The SMILES string of the molecule is CC(NC(=S)Nc1ccc([N+](=O)[O-])cc1)c1ccc(OCc2cccnc2)cc1. The number of rotatable bonds is 7. The Balaban J connectivity index is 1.51. The molecule has 0 aliphatic heterocycles.